The summed E-state index contributed by atoms with van der Waals surface area (Å²) in [7, 11) is 1.63. The molecule has 0 unspecified atom stereocenters. The maximum atomic E-state index is 12.5. The van der Waals surface area contributed by atoms with Crippen molar-refractivity contribution < 1.29 is 9.53 Å². The molecule has 1 fully saturated rings. The first-order chi connectivity index (χ1) is 15.2. The lowest BCUT2D eigenvalue weighted by molar-refractivity contribution is -0.119. The summed E-state index contributed by atoms with van der Waals surface area (Å²) in [6.45, 7) is 0. The Bertz CT molecular complexity index is 1080. The number of nitrogens with zero attached hydrogens (tertiary/aromatic N) is 2. The number of carbonyl (C=O) groups is 1. The van der Waals surface area contributed by atoms with Crippen molar-refractivity contribution in [3.05, 3.63) is 53.4 Å². The Morgan fingerprint density at radius 2 is 2.06 bits per heavy atom. The highest BCUT2D eigenvalue weighted by molar-refractivity contribution is 8.00. The number of hydrogen-bond donors (Lipinski definition) is 1. The Hall–Kier alpha value is -2.82. The van der Waals surface area contributed by atoms with Crippen LogP contribution in [-0.4, -0.2) is 29.8 Å². The highest BCUT2D eigenvalue weighted by Gasteiger charge is 2.20. The molecule has 0 spiro atoms. The average Bonchev–Trinajstić information content (AvgIpc) is 3.51. The van der Waals surface area contributed by atoms with Crippen molar-refractivity contribution in [1.82, 2.24) is 10.3 Å². The van der Waals surface area contributed by atoms with Crippen molar-refractivity contribution in [3.8, 4) is 33.5 Å². The molecule has 1 N–H and O–H groups in total. The highest BCUT2D eigenvalue weighted by Crippen LogP contribution is 2.36. The number of carbonyl (C=O) groups excluding carboxylic acids is 1. The number of nitrogens with one attached hydrogen (secondary N) is 1. The van der Waals surface area contributed by atoms with Crippen LogP contribution >= 0.6 is 23.1 Å². The molecule has 2 heterocycles. The van der Waals surface area contributed by atoms with Gasteiger partial charge in [-0.3, -0.25) is 4.79 Å². The smallest absolute Gasteiger partial charge is 0.230 e. The Morgan fingerprint density at radius 3 is 2.71 bits per heavy atom. The number of benzene rings is 1. The molecule has 1 amide bonds. The van der Waals surface area contributed by atoms with Gasteiger partial charge in [0.2, 0.25) is 5.91 Å². The number of nitriles is 1. The van der Waals surface area contributed by atoms with Crippen LogP contribution in [0.1, 0.15) is 31.2 Å². The Kier molecular flexibility index (Phi) is 6.90. The molecule has 0 aliphatic heterocycles. The zero-order valence-corrected chi connectivity index (χ0v) is 18.9. The molecule has 1 aromatic carbocycles. The number of thiophene rings is 1. The zero-order valence-electron chi connectivity index (χ0n) is 17.3. The standard InChI is InChI=1S/C24H23N3O2S2/c1-29-18-10-8-16(9-11-18)21-13-19(22-7-4-12-30-22)20(14-25)24(27-21)31-15-23(28)26-17-5-2-3-6-17/h4,7-13,17H,2-3,5-6,15H2,1H3,(H,26,28). The molecule has 1 saturated carbocycles. The van der Waals surface area contributed by atoms with Crippen LogP contribution in [0.4, 0.5) is 0 Å². The van der Waals surface area contributed by atoms with Crippen LogP contribution in [-0.2, 0) is 4.79 Å². The first-order valence-electron chi connectivity index (χ1n) is 10.2. The number of amides is 1. The van der Waals surface area contributed by atoms with Gasteiger partial charge in [-0.25, -0.2) is 4.98 Å². The number of pyridine rings is 1. The van der Waals surface area contributed by atoms with E-state index in [2.05, 4.69) is 11.4 Å². The number of hydrogen-bond acceptors (Lipinski definition) is 6. The van der Waals surface area contributed by atoms with Gasteiger partial charge in [-0.1, -0.05) is 30.7 Å². The minimum Gasteiger partial charge on any atom is -0.497 e. The molecular weight excluding hydrogens is 426 g/mol. The second-order valence-electron chi connectivity index (χ2n) is 7.39. The van der Waals surface area contributed by atoms with Gasteiger partial charge in [-0.05, 0) is 54.6 Å². The fourth-order valence-electron chi connectivity index (χ4n) is 3.74. The minimum atomic E-state index is -0.00452. The van der Waals surface area contributed by atoms with Crippen LogP contribution in [0, 0.1) is 11.3 Å². The molecule has 0 bridgehead atoms. The summed E-state index contributed by atoms with van der Waals surface area (Å²) in [5, 5.41) is 15.6. The molecule has 7 heteroatoms. The number of methoxy groups -OCH3 is 1. The van der Waals surface area contributed by atoms with Gasteiger partial charge in [0, 0.05) is 22.0 Å². The van der Waals surface area contributed by atoms with Gasteiger partial charge < -0.3 is 10.1 Å². The number of rotatable bonds is 7. The number of aromatic nitrogens is 1. The monoisotopic (exact) mass is 449 g/mol. The maximum Gasteiger partial charge on any atom is 0.230 e. The summed E-state index contributed by atoms with van der Waals surface area (Å²) in [5.74, 6) is 1.01. The van der Waals surface area contributed by atoms with E-state index in [0.717, 1.165) is 40.3 Å². The zero-order chi connectivity index (χ0) is 21.6. The van der Waals surface area contributed by atoms with Crippen LogP contribution in [0.3, 0.4) is 0 Å². The average molecular weight is 450 g/mol. The fourth-order valence-corrected chi connectivity index (χ4v) is 5.31. The molecule has 31 heavy (non-hydrogen) atoms. The van der Waals surface area contributed by atoms with Crippen molar-refractivity contribution in [2.75, 3.05) is 12.9 Å². The quantitative estimate of drug-likeness (QED) is 0.482. The van der Waals surface area contributed by atoms with E-state index in [0.29, 0.717) is 10.6 Å². The first kappa shape index (κ1) is 21.4. The second-order valence-corrected chi connectivity index (χ2v) is 9.30. The predicted octanol–water partition coefficient (Wildman–Crippen LogP) is 5.51. The molecule has 4 rings (SSSR count). The predicted molar refractivity (Wildman–Crippen MR) is 125 cm³/mol. The van der Waals surface area contributed by atoms with Crippen LogP contribution in [0.5, 0.6) is 5.75 Å². The van der Waals surface area contributed by atoms with Crippen LogP contribution in [0.15, 0.2) is 52.9 Å². The van der Waals surface area contributed by atoms with Gasteiger partial charge in [0.1, 0.15) is 16.8 Å². The molecule has 0 saturated heterocycles. The highest BCUT2D eigenvalue weighted by atomic mass is 32.2. The van der Waals surface area contributed by atoms with Crippen molar-refractivity contribution in [1.29, 1.82) is 5.26 Å². The molecule has 1 aliphatic carbocycles. The van der Waals surface area contributed by atoms with Gasteiger partial charge in [0.15, 0.2) is 0 Å². The van der Waals surface area contributed by atoms with E-state index in [1.807, 2.05) is 47.8 Å². The fraction of sp³-hybridized carbons (Fsp3) is 0.292. The molecule has 1 aliphatic rings. The van der Waals surface area contributed by atoms with Gasteiger partial charge in [-0.15, -0.1) is 11.3 Å². The first-order valence-corrected chi connectivity index (χ1v) is 12.1. The summed E-state index contributed by atoms with van der Waals surface area (Å²) < 4.78 is 5.26. The van der Waals surface area contributed by atoms with Crippen molar-refractivity contribution in [3.63, 3.8) is 0 Å². The van der Waals surface area contributed by atoms with Crippen molar-refractivity contribution in [2.24, 2.45) is 0 Å². The summed E-state index contributed by atoms with van der Waals surface area (Å²) in [6, 6.07) is 16.2. The molecule has 0 atom stereocenters. The third kappa shape index (κ3) is 5.09. The largest absolute Gasteiger partial charge is 0.497 e. The van der Waals surface area contributed by atoms with Crippen LogP contribution < -0.4 is 10.1 Å². The van der Waals surface area contributed by atoms with Gasteiger partial charge in [0.25, 0.3) is 0 Å². The van der Waals surface area contributed by atoms with Gasteiger partial charge in [0.05, 0.1) is 24.1 Å². The Morgan fingerprint density at radius 1 is 1.29 bits per heavy atom. The normalized spacial score (nSPS) is 13.7. The molecule has 3 aromatic rings. The third-order valence-corrected chi connectivity index (χ3v) is 7.21. The van der Waals surface area contributed by atoms with E-state index in [-0.39, 0.29) is 17.7 Å². The van der Waals surface area contributed by atoms with Gasteiger partial charge >= 0.3 is 0 Å². The van der Waals surface area contributed by atoms with Gasteiger partial charge in [-0.2, -0.15) is 5.26 Å². The lowest BCUT2D eigenvalue weighted by Crippen LogP contribution is -2.33. The molecule has 158 valence electrons. The molecule has 5 nitrogen and oxygen atoms in total. The van der Waals surface area contributed by atoms with E-state index >= 15 is 0 Å². The van der Waals surface area contributed by atoms with E-state index < -0.39 is 0 Å². The lowest BCUT2D eigenvalue weighted by atomic mass is 10.0. The van der Waals surface area contributed by atoms with E-state index in [9.17, 15) is 10.1 Å². The van der Waals surface area contributed by atoms with Crippen LogP contribution in [0.25, 0.3) is 21.7 Å². The third-order valence-electron chi connectivity index (χ3n) is 5.33. The SMILES string of the molecule is COc1ccc(-c2cc(-c3cccs3)c(C#N)c(SCC(=O)NC3CCCC3)n2)cc1. The van der Waals surface area contributed by atoms with Crippen molar-refractivity contribution >= 4 is 29.0 Å². The Balaban J connectivity index is 1.65. The summed E-state index contributed by atoms with van der Waals surface area (Å²) in [5.41, 5.74) is 3.06. The summed E-state index contributed by atoms with van der Waals surface area (Å²) in [4.78, 5) is 18.2. The van der Waals surface area contributed by atoms with E-state index in [4.69, 9.17) is 9.72 Å². The summed E-state index contributed by atoms with van der Waals surface area (Å²) in [6.07, 6.45) is 4.44. The van der Waals surface area contributed by atoms with E-state index in [1.54, 1.807) is 18.4 Å². The number of thioether (sulfide) groups is 1. The lowest BCUT2D eigenvalue weighted by Gasteiger charge is -2.13. The minimum absolute atomic E-state index is 0.00452. The maximum absolute atomic E-state index is 12.5. The second kappa shape index (κ2) is 9.99. The van der Waals surface area contributed by atoms with Crippen LogP contribution in [0.2, 0.25) is 0 Å². The molecular formula is C24H23N3O2S2. The summed E-state index contributed by atoms with van der Waals surface area (Å²) >= 11 is 2.91. The molecule has 2 aromatic heterocycles. The van der Waals surface area contributed by atoms with E-state index in [1.165, 1.54) is 24.6 Å². The topological polar surface area (TPSA) is 75.0 Å². The number of ether oxygens (including phenoxy) is 1. The molecule has 0 radical (unpaired) electrons. The van der Waals surface area contributed by atoms with Crippen molar-refractivity contribution in [2.45, 2.75) is 36.8 Å². The Labute approximate surface area is 190 Å².